The Kier molecular flexibility index (Phi) is 13.0. The molecule has 2 saturated heterocycles. The molecule has 1 aromatic carbocycles. The van der Waals surface area contributed by atoms with Gasteiger partial charge in [-0.15, -0.1) is 11.3 Å². The number of nitrogens with two attached hydrogens (primary N) is 1. The summed E-state index contributed by atoms with van der Waals surface area (Å²) in [4.78, 5) is 85.7. The number of nitrogens with one attached hydrogen (secondary N) is 5. The topological polar surface area (TPSA) is 234 Å². The number of aromatic nitrogens is 1. The Bertz CT molecular complexity index is 1560. The summed E-state index contributed by atoms with van der Waals surface area (Å²) < 4.78 is 5.39. The summed E-state index contributed by atoms with van der Waals surface area (Å²) >= 11 is 1.48. The van der Waals surface area contributed by atoms with Crippen LogP contribution in [0, 0.1) is 12.3 Å². The summed E-state index contributed by atoms with van der Waals surface area (Å²) in [5, 5.41) is 23.8. The fraction of sp³-hybridized carbons (Fsp3) is 0.545. The highest BCUT2D eigenvalue weighted by Gasteiger charge is 2.45. The van der Waals surface area contributed by atoms with Gasteiger partial charge >= 0.3 is 0 Å². The van der Waals surface area contributed by atoms with E-state index in [4.69, 9.17) is 10.5 Å². The summed E-state index contributed by atoms with van der Waals surface area (Å²) in [7, 11) is 0. The predicted molar refractivity (Wildman–Crippen MR) is 183 cm³/mol. The molecular formula is C33H46N8O8S. The highest BCUT2D eigenvalue weighted by molar-refractivity contribution is 7.13. The van der Waals surface area contributed by atoms with E-state index in [2.05, 4.69) is 31.6 Å². The van der Waals surface area contributed by atoms with Gasteiger partial charge in [-0.1, -0.05) is 45.0 Å². The Balaban J connectivity index is 1.63. The Hall–Kier alpha value is -4.45. The number of rotatable bonds is 3. The lowest BCUT2D eigenvalue weighted by Gasteiger charge is -2.35. The maximum Gasteiger partial charge on any atom is 0.246 e. The van der Waals surface area contributed by atoms with E-state index < -0.39 is 84.3 Å². The van der Waals surface area contributed by atoms with Crippen molar-refractivity contribution in [3.63, 3.8) is 0 Å². The highest BCUT2D eigenvalue weighted by atomic mass is 32.1. The van der Waals surface area contributed by atoms with Crippen molar-refractivity contribution in [1.29, 1.82) is 0 Å². The number of hydrogen-bond acceptors (Lipinski definition) is 11. The van der Waals surface area contributed by atoms with Crippen LogP contribution in [0.3, 0.4) is 0 Å². The number of ether oxygens (including phenoxy) is 1. The average molecular weight is 715 g/mol. The van der Waals surface area contributed by atoms with Gasteiger partial charge in [0.2, 0.25) is 35.4 Å². The maximum atomic E-state index is 14.0. The first-order chi connectivity index (χ1) is 23.7. The standard InChI is InChI=1S/C33H46N8O8S/c1-18-28(50-17-37-18)20-7-5-19(6-8-20)22-12-25(43)36-14-26(44)38-23(13-34)30(46)35-9-10-49-16-27(45)40-29(33(2,3)4)32(48)41-15-21(42)11-24(41)31(47)39-22/h5-8,17,21-24,29,42H,9-16,34H2,1-4H3,(H,35,46)(H,36,43)(H,38,44)(H,39,47)(H,40,45)/t21-,22-,23-,24+,29-/m1/s1. The summed E-state index contributed by atoms with van der Waals surface area (Å²) in [6.45, 7) is 5.90. The molecule has 17 heteroatoms. The van der Waals surface area contributed by atoms with Crippen LogP contribution in [0.15, 0.2) is 29.8 Å². The molecule has 50 heavy (non-hydrogen) atoms. The van der Waals surface area contributed by atoms with Crippen molar-refractivity contribution in [1.82, 2.24) is 36.5 Å². The average Bonchev–Trinajstić information content (AvgIpc) is 3.68. The van der Waals surface area contributed by atoms with Crippen LogP contribution >= 0.6 is 11.3 Å². The second-order valence-electron chi connectivity index (χ2n) is 13.4. The number of carbonyl (C=O) groups is 6. The summed E-state index contributed by atoms with van der Waals surface area (Å²) in [5.74, 6) is -3.57. The van der Waals surface area contributed by atoms with Gasteiger partial charge in [-0.3, -0.25) is 28.8 Å². The number of amides is 6. The lowest BCUT2D eigenvalue weighted by Crippen LogP contribution is -2.58. The van der Waals surface area contributed by atoms with Crippen LogP contribution in [0.1, 0.15) is 50.9 Å². The molecule has 272 valence electrons. The second-order valence-corrected chi connectivity index (χ2v) is 14.2. The minimum absolute atomic E-state index is 0.00545. The van der Waals surface area contributed by atoms with Crippen molar-refractivity contribution in [2.75, 3.05) is 39.4 Å². The van der Waals surface area contributed by atoms with Crippen molar-refractivity contribution < 1.29 is 38.6 Å². The second kappa shape index (κ2) is 17.0. The summed E-state index contributed by atoms with van der Waals surface area (Å²) in [6.07, 6.45) is -1.33. The number of thiazole rings is 1. The molecule has 0 radical (unpaired) electrons. The smallest absolute Gasteiger partial charge is 0.246 e. The number of aliphatic hydroxyl groups is 1. The predicted octanol–water partition coefficient (Wildman–Crippen LogP) is -1.14. The van der Waals surface area contributed by atoms with Crippen LogP contribution in [-0.2, 0) is 33.5 Å². The molecule has 0 saturated carbocycles. The molecule has 16 nitrogen and oxygen atoms in total. The Morgan fingerprint density at radius 1 is 0.980 bits per heavy atom. The molecule has 2 aliphatic rings. The quantitative estimate of drug-likeness (QED) is 0.202. The van der Waals surface area contributed by atoms with Crippen LogP contribution in [0.25, 0.3) is 10.4 Å². The molecule has 0 bridgehead atoms. The van der Waals surface area contributed by atoms with E-state index in [0.29, 0.717) is 5.56 Å². The van der Waals surface area contributed by atoms with Gasteiger partial charge in [0.1, 0.15) is 24.7 Å². The molecule has 0 aliphatic carbocycles. The van der Waals surface area contributed by atoms with Crippen LogP contribution in [0.5, 0.6) is 0 Å². The monoisotopic (exact) mass is 714 g/mol. The maximum absolute atomic E-state index is 14.0. The molecule has 2 aliphatic heterocycles. The Morgan fingerprint density at radius 3 is 2.34 bits per heavy atom. The van der Waals surface area contributed by atoms with Crippen molar-refractivity contribution in [2.24, 2.45) is 11.1 Å². The van der Waals surface area contributed by atoms with E-state index >= 15 is 0 Å². The first kappa shape index (κ1) is 38.4. The zero-order valence-corrected chi connectivity index (χ0v) is 29.4. The lowest BCUT2D eigenvalue weighted by atomic mass is 9.85. The number of aliphatic hydroxyl groups excluding tert-OH is 1. The summed E-state index contributed by atoms with van der Waals surface area (Å²) in [6, 6.07) is 3.09. The molecule has 4 rings (SSSR count). The molecule has 2 aromatic rings. The largest absolute Gasteiger partial charge is 0.391 e. The van der Waals surface area contributed by atoms with E-state index in [1.165, 1.54) is 16.2 Å². The van der Waals surface area contributed by atoms with E-state index in [1.54, 1.807) is 38.4 Å². The van der Waals surface area contributed by atoms with Gasteiger partial charge < -0.3 is 47.1 Å². The zero-order chi connectivity index (χ0) is 36.6. The molecule has 3 heterocycles. The zero-order valence-electron chi connectivity index (χ0n) is 28.6. The van der Waals surface area contributed by atoms with Gasteiger partial charge in [0.25, 0.3) is 0 Å². The Morgan fingerprint density at radius 2 is 1.70 bits per heavy atom. The van der Waals surface area contributed by atoms with Gasteiger partial charge in [-0.2, -0.15) is 0 Å². The van der Waals surface area contributed by atoms with Gasteiger partial charge in [-0.25, -0.2) is 4.98 Å². The normalized spacial score (nSPS) is 25.6. The Labute approximate surface area is 294 Å². The third-order valence-electron chi connectivity index (χ3n) is 8.42. The van der Waals surface area contributed by atoms with Crippen molar-refractivity contribution >= 4 is 46.8 Å². The fourth-order valence-corrected chi connectivity index (χ4v) is 6.55. The van der Waals surface area contributed by atoms with E-state index in [9.17, 15) is 33.9 Å². The first-order valence-corrected chi connectivity index (χ1v) is 17.3. The molecule has 8 N–H and O–H groups in total. The number of hydrogen-bond donors (Lipinski definition) is 7. The molecular weight excluding hydrogens is 668 g/mol. The molecule has 5 atom stereocenters. The number of aryl methyl sites for hydroxylation is 1. The van der Waals surface area contributed by atoms with E-state index in [-0.39, 0.29) is 39.1 Å². The number of carbonyl (C=O) groups excluding carboxylic acids is 6. The van der Waals surface area contributed by atoms with Crippen molar-refractivity contribution in [2.45, 2.75) is 70.8 Å². The number of benzene rings is 1. The van der Waals surface area contributed by atoms with Gasteiger partial charge in [0.15, 0.2) is 0 Å². The van der Waals surface area contributed by atoms with Crippen molar-refractivity contribution in [3.8, 4) is 10.4 Å². The SMILES string of the molecule is Cc1ncsc1-c1ccc([C@H]2CC(=O)NCC(=O)N[C@H](CN)C(=O)NCCOCC(=O)N[C@@H](C(C)(C)C)C(=O)N3C[C@H](O)C[C@H]3C(=O)N2)cc1. The van der Waals surface area contributed by atoms with E-state index in [1.807, 2.05) is 19.1 Å². The molecule has 0 spiro atoms. The van der Waals surface area contributed by atoms with Crippen LogP contribution in [0.4, 0.5) is 0 Å². The van der Waals surface area contributed by atoms with Gasteiger partial charge in [0, 0.05) is 26.1 Å². The van der Waals surface area contributed by atoms with Crippen molar-refractivity contribution in [3.05, 3.63) is 41.0 Å². The van der Waals surface area contributed by atoms with Crippen LogP contribution < -0.4 is 32.3 Å². The molecule has 2 fully saturated rings. The number of nitrogens with zero attached hydrogens (tertiary/aromatic N) is 2. The minimum atomic E-state index is -1.10. The van der Waals surface area contributed by atoms with E-state index in [0.717, 1.165) is 16.1 Å². The molecule has 6 amide bonds. The third kappa shape index (κ3) is 10.1. The minimum Gasteiger partial charge on any atom is -0.391 e. The van der Waals surface area contributed by atoms with Crippen LogP contribution in [0.2, 0.25) is 0 Å². The molecule has 1 aromatic heterocycles. The van der Waals surface area contributed by atoms with Gasteiger partial charge in [-0.05, 0) is 23.5 Å². The van der Waals surface area contributed by atoms with Crippen LogP contribution in [-0.4, -0.2) is 114 Å². The lowest BCUT2D eigenvalue weighted by molar-refractivity contribution is -0.144. The summed E-state index contributed by atoms with van der Waals surface area (Å²) in [5.41, 5.74) is 8.98. The van der Waals surface area contributed by atoms with Gasteiger partial charge in [0.05, 0.1) is 47.8 Å². The first-order valence-electron chi connectivity index (χ1n) is 16.4. The highest BCUT2D eigenvalue weighted by Crippen LogP contribution is 2.30. The number of fused-ring (bicyclic) bond motifs is 1. The third-order valence-corrected chi connectivity index (χ3v) is 9.40. The fourth-order valence-electron chi connectivity index (χ4n) is 5.74. The molecule has 0 unspecified atom stereocenters.